The van der Waals surface area contributed by atoms with Crippen LogP contribution < -0.4 is 0 Å². The second-order valence-corrected chi connectivity index (χ2v) is 9.13. The third-order valence-corrected chi connectivity index (χ3v) is 6.34. The van der Waals surface area contributed by atoms with Gasteiger partial charge in [-0.3, -0.25) is 4.79 Å². The molecule has 0 aromatic heterocycles. The lowest BCUT2D eigenvalue weighted by Crippen LogP contribution is -2.06. The fourth-order valence-corrected chi connectivity index (χ4v) is 4.42. The zero-order valence-corrected chi connectivity index (χ0v) is 21.0. The van der Waals surface area contributed by atoms with Gasteiger partial charge in [0.15, 0.2) is 5.78 Å². The first-order chi connectivity index (χ1) is 17.0. The summed E-state index contributed by atoms with van der Waals surface area (Å²) < 4.78 is 0. The largest absolute Gasteiger partial charge is 0.396 e. The van der Waals surface area contributed by atoms with Crippen molar-refractivity contribution in [2.75, 3.05) is 13.2 Å². The Labute approximate surface area is 210 Å². The monoisotopic (exact) mass is 482 g/mol. The molecule has 0 saturated heterocycles. The zero-order valence-electron chi connectivity index (χ0n) is 21.0. The topological polar surface area (TPSA) is 98.0 Å². The van der Waals surface area contributed by atoms with Crippen molar-refractivity contribution in [2.24, 2.45) is 0 Å². The van der Waals surface area contributed by atoms with Crippen molar-refractivity contribution in [3.63, 3.8) is 0 Å². The Morgan fingerprint density at radius 1 is 1.00 bits per heavy atom. The third-order valence-electron chi connectivity index (χ3n) is 6.34. The first kappa shape index (κ1) is 28.9. The van der Waals surface area contributed by atoms with Crippen molar-refractivity contribution in [3.05, 3.63) is 82.5 Å². The molecule has 0 aromatic rings. The summed E-state index contributed by atoms with van der Waals surface area (Å²) in [7, 11) is 0. The molecule has 0 saturated carbocycles. The van der Waals surface area contributed by atoms with Gasteiger partial charge < -0.3 is 20.4 Å². The maximum Gasteiger partial charge on any atom is 0.185 e. The number of Topliss-reactive ketones (excluding diaryl/α,β-unsaturated/α-hetero) is 1. The lowest BCUT2D eigenvalue weighted by molar-refractivity contribution is -0.112. The summed E-state index contributed by atoms with van der Waals surface area (Å²) in [6.07, 6.45) is 23.2. The van der Waals surface area contributed by atoms with Crippen LogP contribution in [0.15, 0.2) is 82.5 Å². The molecular weight excluding hydrogens is 440 g/mol. The molecule has 0 bridgehead atoms. The van der Waals surface area contributed by atoms with E-state index in [1.54, 1.807) is 6.08 Å². The van der Waals surface area contributed by atoms with Gasteiger partial charge in [0, 0.05) is 18.8 Å². The van der Waals surface area contributed by atoms with Gasteiger partial charge in [0.2, 0.25) is 0 Å². The standard InChI is InChI=1S/C30H42O5/c1-2-3-4-5-6-8-11-26-22-24(17-19-32)28(30(26)35)13-10-7-9-12-27(33)15-14-25-20-23(16-18-31)21-29(25)34/h3-4,6-9,11,14,21,27,29,31-34H,2,5,10,12-13,15-20,22H2,1H3. The summed E-state index contributed by atoms with van der Waals surface area (Å²) >= 11 is 0. The summed E-state index contributed by atoms with van der Waals surface area (Å²) in [5, 5.41) is 38.8. The van der Waals surface area contributed by atoms with Gasteiger partial charge >= 0.3 is 0 Å². The second-order valence-electron chi connectivity index (χ2n) is 9.13. The molecule has 2 aliphatic rings. The zero-order chi connectivity index (χ0) is 25.5. The highest BCUT2D eigenvalue weighted by atomic mass is 16.3. The van der Waals surface area contributed by atoms with Gasteiger partial charge in [0.05, 0.1) is 12.2 Å². The quantitative estimate of drug-likeness (QED) is 0.195. The van der Waals surface area contributed by atoms with Gasteiger partial charge in [-0.25, -0.2) is 0 Å². The molecule has 2 aliphatic carbocycles. The van der Waals surface area contributed by atoms with Crippen LogP contribution in [0.4, 0.5) is 0 Å². The normalized spacial score (nSPS) is 22.3. The molecule has 0 aromatic carbocycles. The molecule has 2 unspecified atom stereocenters. The maximum absolute atomic E-state index is 12.9. The van der Waals surface area contributed by atoms with E-state index in [4.69, 9.17) is 5.11 Å². The molecule has 5 heteroatoms. The van der Waals surface area contributed by atoms with Crippen LogP contribution in [0.2, 0.25) is 0 Å². The van der Waals surface area contributed by atoms with Crippen molar-refractivity contribution in [2.45, 2.75) is 83.3 Å². The van der Waals surface area contributed by atoms with E-state index in [1.807, 2.05) is 36.5 Å². The van der Waals surface area contributed by atoms with Crippen LogP contribution >= 0.6 is 0 Å². The molecular formula is C30H42O5. The number of hydrogen-bond donors (Lipinski definition) is 4. The van der Waals surface area contributed by atoms with E-state index >= 15 is 0 Å². The molecule has 4 N–H and O–H groups in total. The van der Waals surface area contributed by atoms with Gasteiger partial charge in [0.1, 0.15) is 0 Å². The minimum Gasteiger partial charge on any atom is -0.396 e. The lowest BCUT2D eigenvalue weighted by Gasteiger charge is -2.08. The van der Waals surface area contributed by atoms with E-state index < -0.39 is 12.2 Å². The predicted molar refractivity (Wildman–Crippen MR) is 142 cm³/mol. The Bertz CT molecular complexity index is 898. The number of hydrogen-bond acceptors (Lipinski definition) is 5. The minimum atomic E-state index is -0.614. The van der Waals surface area contributed by atoms with Crippen LogP contribution in [0.5, 0.6) is 0 Å². The Balaban J connectivity index is 1.80. The van der Waals surface area contributed by atoms with Crippen LogP contribution in [-0.4, -0.2) is 51.6 Å². The Hall–Kier alpha value is -2.31. The molecule has 0 heterocycles. The van der Waals surface area contributed by atoms with E-state index in [1.165, 1.54) is 0 Å². The molecule has 0 spiro atoms. The molecule has 0 amide bonds. The van der Waals surface area contributed by atoms with Crippen molar-refractivity contribution in [1.29, 1.82) is 0 Å². The van der Waals surface area contributed by atoms with Crippen LogP contribution in [0.1, 0.15) is 71.1 Å². The Morgan fingerprint density at radius 3 is 2.54 bits per heavy atom. The number of ketones is 1. The first-order valence-electron chi connectivity index (χ1n) is 12.9. The van der Waals surface area contributed by atoms with Crippen molar-refractivity contribution >= 4 is 5.78 Å². The van der Waals surface area contributed by atoms with E-state index in [9.17, 15) is 20.1 Å². The number of allylic oxidation sites excluding steroid dienone is 8. The summed E-state index contributed by atoms with van der Waals surface area (Å²) in [4.78, 5) is 12.9. The van der Waals surface area contributed by atoms with Crippen LogP contribution in [0.25, 0.3) is 0 Å². The lowest BCUT2D eigenvalue weighted by atomic mass is 10.0. The van der Waals surface area contributed by atoms with E-state index in [0.717, 1.165) is 40.7 Å². The number of aliphatic hydroxyl groups is 4. The third kappa shape index (κ3) is 10.1. The number of carbonyl (C=O) groups excluding carboxylic acids is 1. The van der Waals surface area contributed by atoms with Gasteiger partial charge in [-0.15, -0.1) is 0 Å². The summed E-state index contributed by atoms with van der Waals surface area (Å²) in [5.41, 5.74) is 4.57. The molecule has 0 aliphatic heterocycles. The van der Waals surface area contributed by atoms with E-state index in [2.05, 4.69) is 19.1 Å². The Morgan fingerprint density at radius 2 is 1.80 bits per heavy atom. The minimum absolute atomic E-state index is 0.0420. The number of rotatable bonds is 15. The van der Waals surface area contributed by atoms with Crippen LogP contribution in [0, 0.1) is 0 Å². The summed E-state index contributed by atoms with van der Waals surface area (Å²) in [6, 6.07) is 0. The smallest absolute Gasteiger partial charge is 0.185 e. The van der Waals surface area contributed by atoms with Crippen molar-refractivity contribution in [3.8, 4) is 0 Å². The fraction of sp³-hybridized carbons (Fsp3) is 0.500. The number of carbonyl (C=O) groups is 1. The van der Waals surface area contributed by atoms with E-state index in [-0.39, 0.29) is 19.0 Å². The number of aliphatic hydroxyl groups excluding tert-OH is 4. The average molecular weight is 483 g/mol. The molecule has 192 valence electrons. The molecule has 2 atom stereocenters. The maximum atomic E-state index is 12.9. The molecule has 0 fully saturated rings. The second kappa shape index (κ2) is 16.4. The van der Waals surface area contributed by atoms with Gasteiger partial charge in [0.25, 0.3) is 0 Å². The van der Waals surface area contributed by atoms with Gasteiger partial charge in [-0.05, 0) is 75.4 Å². The molecule has 2 rings (SSSR count). The van der Waals surface area contributed by atoms with Gasteiger partial charge in [-0.2, -0.15) is 0 Å². The molecule has 5 nitrogen and oxygen atoms in total. The fourth-order valence-electron chi connectivity index (χ4n) is 4.42. The van der Waals surface area contributed by atoms with E-state index in [0.29, 0.717) is 51.4 Å². The SMILES string of the molecule is CCC=CCC=CC=C1CC(CCO)=C(CCC=CCC(O)CC=C2CC(CCO)=CC2O)C1=O. The highest BCUT2D eigenvalue weighted by Gasteiger charge is 2.26. The highest BCUT2D eigenvalue weighted by Crippen LogP contribution is 2.33. The average Bonchev–Trinajstić information content (AvgIpc) is 3.33. The van der Waals surface area contributed by atoms with Crippen LogP contribution in [0.3, 0.4) is 0 Å². The molecule has 0 radical (unpaired) electrons. The summed E-state index contributed by atoms with van der Waals surface area (Å²) in [5.74, 6) is 0.0894. The summed E-state index contributed by atoms with van der Waals surface area (Å²) in [6.45, 7) is 2.22. The van der Waals surface area contributed by atoms with Crippen molar-refractivity contribution < 1.29 is 25.2 Å². The van der Waals surface area contributed by atoms with Crippen molar-refractivity contribution in [1.82, 2.24) is 0 Å². The van der Waals surface area contributed by atoms with Gasteiger partial charge in [-0.1, -0.05) is 72.8 Å². The predicted octanol–water partition coefficient (Wildman–Crippen LogP) is 4.95. The van der Waals surface area contributed by atoms with Crippen LogP contribution in [-0.2, 0) is 4.79 Å². The first-order valence-corrected chi connectivity index (χ1v) is 12.9. The Kier molecular flexibility index (Phi) is 13.5. The highest BCUT2D eigenvalue weighted by molar-refractivity contribution is 6.12. The molecule has 35 heavy (non-hydrogen) atoms.